The summed E-state index contributed by atoms with van der Waals surface area (Å²) in [5.74, 6) is -0.391. The lowest BCUT2D eigenvalue weighted by molar-refractivity contribution is 0.0272. The van der Waals surface area contributed by atoms with Gasteiger partial charge in [-0.15, -0.1) is 0 Å². The molecule has 0 amide bonds. The molecule has 0 saturated carbocycles. The Morgan fingerprint density at radius 3 is 2.54 bits per heavy atom. The molecule has 0 bridgehead atoms. The van der Waals surface area contributed by atoms with Crippen molar-refractivity contribution in [2.24, 2.45) is 0 Å². The summed E-state index contributed by atoms with van der Waals surface area (Å²) in [6.45, 7) is 6.04. The van der Waals surface area contributed by atoms with Crippen molar-refractivity contribution >= 4 is 10.1 Å². The molecule has 1 unspecified atom stereocenters. The molecule has 6 heteroatoms. The SMILES string of the molecule is [CH2]COCCOC(C)CS(=O)(=O)O. The molecule has 0 fully saturated rings. The first kappa shape index (κ1) is 12.8. The molecule has 0 aromatic carbocycles. The van der Waals surface area contributed by atoms with Crippen LogP contribution in [0.2, 0.25) is 0 Å². The maximum Gasteiger partial charge on any atom is 0.267 e. The normalized spacial score (nSPS) is 14.4. The minimum absolute atomic E-state index is 0.298. The van der Waals surface area contributed by atoms with Crippen LogP contribution in [-0.4, -0.2) is 44.6 Å². The van der Waals surface area contributed by atoms with Crippen LogP contribution in [0.25, 0.3) is 0 Å². The molecule has 0 aliphatic carbocycles. The first-order valence-electron chi connectivity index (χ1n) is 3.89. The van der Waals surface area contributed by atoms with Gasteiger partial charge in [-0.05, 0) is 13.8 Å². The highest BCUT2D eigenvalue weighted by Crippen LogP contribution is 1.95. The average molecular weight is 211 g/mol. The molecule has 0 heterocycles. The smallest absolute Gasteiger partial charge is 0.267 e. The molecule has 0 saturated heterocycles. The van der Waals surface area contributed by atoms with Crippen molar-refractivity contribution in [3.8, 4) is 0 Å². The van der Waals surface area contributed by atoms with Crippen LogP contribution in [0.15, 0.2) is 0 Å². The van der Waals surface area contributed by atoms with Crippen molar-refractivity contribution in [3.63, 3.8) is 0 Å². The Balaban J connectivity index is 3.47. The average Bonchev–Trinajstić information content (AvgIpc) is 1.94. The summed E-state index contributed by atoms with van der Waals surface area (Å²) in [5.41, 5.74) is 0. The Labute approximate surface area is 78.8 Å². The molecule has 79 valence electrons. The van der Waals surface area contributed by atoms with Crippen LogP contribution >= 0.6 is 0 Å². The molecule has 13 heavy (non-hydrogen) atoms. The molecule has 0 spiro atoms. The van der Waals surface area contributed by atoms with E-state index in [1.807, 2.05) is 0 Å². The molecule has 5 nitrogen and oxygen atoms in total. The molecule has 1 N–H and O–H groups in total. The van der Waals surface area contributed by atoms with Gasteiger partial charge in [-0.1, -0.05) is 0 Å². The maximum atomic E-state index is 10.4. The zero-order valence-electron chi connectivity index (χ0n) is 7.60. The van der Waals surface area contributed by atoms with Crippen LogP contribution in [-0.2, 0) is 19.6 Å². The monoisotopic (exact) mass is 211 g/mol. The number of hydrogen-bond donors (Lipinski definition) is 1. The first-order valence-corrected chi connectivity index (χ1v) is 5.50. The molecule has 1 atom stereocenters. The number of hydrogen-bond acceptors (Lipinski definition) is 4. The van der Waals surface area contributed by atoms with Crippen LogP contribution in [0, 0.1) is 6.92 Å². The summed E-state index contributed by atoms with van der Waals surface area (Å²) in [7, 11) is -3.94. The van der Waals surface area contributed by atoms with Gasteiger partial charge in [0.15, 0.2) is 0 Å². The summed E-state index contributed by atoms with van der Waals surface area (Å²) in [5, 5.41) is 0. The summed E-state index contributed by atoms with van der Waals surface area (Å²) in [4.78, 5) is 0. The highest BCUT2D eigenvalue weighted by atomic mass is 32.2. The van der Waals surface area contributed by atoms with Crippen LogP contribution < -0.4 is 0 Å². The standard InChI is InChI=1S/C7H15O5S/c1-3-11-4-5-12-7(2)6-13(8,9)10/h7H,1,3-6H2,2H3,(H,8,9,10). The van der Waals surface area contributed by atoms with Crippen molar-refractivity contribution in [2.75, 3.05) is 25.6 Å². The van der Waals surface area contributed by atoms with Crippen LogP contribution in [0.3, 0.4) is 0 Å². The zero-order chi connectivity index (χ0) is 10.3. The predicted molar refractivity (Wildman–Crippen MR) is 48.0 cm³/mol. The first-order chi connectivity index (χ1) is 5.95. The molecule has 1 radical (unpaired) electrons. The van der Waals surface area contributed by atoms with Gasteiger partial charge in [-0.3, -0.25) is 4.55 Å². The Hall–Kier alpha value is -0.170. The lowest BCUT2D eigenvalue weighted by Crippen LogP contribution is -2.22. The minimum atomic E-state index is -3.94. The Morgan fingerprint density at radius 1 is 1.46 bits per heavy atom. The molecule has 0 aliphatic rings. The van der Waals surface area contributed by atoms with E-state index < -0.39 is 22.0 Å². The van der Waals surface area contributed by atoms with E-state index in [4.69, 9.17) is 14.0 Å². The summed E-state index contributed by atoms with van der Waals surface area (Å²) >= 11 is 0. The second kappa shape index (κ2) is 6.31. The fourth-order valence-corrected chi connectivity index (χ4v) is 1.44. The van der Waals surface area contributed by atoms with Gasteiger partial charge in [0, 0.05) is 6.61 Å². The Kier molecular flexibility index (Phi) is 6.23. The van der Waals surface area contributed by atoms with Gasteiger partial charge in [-0.25, -0.2) is 0 Å². The van der Waals surface area contributed by atoms with Gasteiger partial charge in [0.2, 0.25) is 0 Å². The van der Waals surface area contributed by atoms with E-state index in [1.165, 1.54) is 0 Å². The van der Waals surface area contributed by atoms with Gasteiger partial charge in [0.05, 0.1) is 19.3 Å². The van der Waals surface area contributed by atoms with Gasteiger partial charge in [0.25, 0.3) is 10.1 Å². The van der Waals surface area contributed by atoms with E-state index in [2.05, 4.69) is 6.92 Å². The molecular formula is C7H15O5S. The van der Waals surface area contributed by atoms with E-state index >= 15 is 0 Å². The topological polar surface area (TPSA) is 72.8 Å². The second-order valence-corrected chi connectivity index (χ2v) is 4.04. The molecule has 0 aromatic rings. The van der Waals surface area contributed by atoms with E-state index in [1.54, 1.807) is 6.92 Å². The molecule has 0 aromatic heterocycles. The zero-order valence-corrected chi connectivity index (χ0v) is 8.42. The van der Waals surface area contributed by atoms with Crippen molar-refractivity contribution in [1.82, 2.24) is 0 Å². The third-order valence-electron chi connectivity index (χ3n) is 1.22. The quantitative estimate of drug-likeness (QED) is 0.478. The van der Waals surface area contributed by atoms with Crippen molar-refractivity contribution in [2.45, 2.75) is 13.0 Å². The lowest BCUT2D eigenvalue weighted by Gasteiger charge is -2.10. The van der Waals surface area contributed by atoms with Crippen molar-refractivity contribution in [3.05, 3.63) is 6.92 Å². The van der Waals surface area contributed by atoms with E-state index in [9.17, 15) is 8.42 Å². The maximum absolute atomic E-state index is 10.4. The molecular weight excluding hydrogens is 196 g/mol. The fraction of sp³-hybridized carbons (Fsp3) is 0.857. The Morgan fingerprint density at radius 2 is 2.08 bits per heavy atom. The number of rotatable bonds is 7. The number of ether oxygens (including phenoxy) is 2. The summed E-state index contributed by atoms with van der Waals surface area (Å²) < 4.78 is 39.1. The molecule has 0 aliphatic heterocycles. The summed E-state index contributed by atoms with van der Waals surface area (Å²) in [6, 6.07) is 0. The van der Waals surface area contributed by atoms with Gasteiger partial charge < -0.3 is 9.47 Å². The minimum Gasteiger partial charge on any atom is -0.379 e. The van der Waals surface area contributed by atoms with Crippen LogP contribution in [0.1, 0.15) is 6.92 Å². The second-order valence-electron chi connectivity index (χ2n) is 2.54. The lowest BCUT2D eigenvalue weighted by atomic mass is 10.5. The summed E-state index contributed by atoms with van der Waals surface area (Å²) in [6.07, 6.45) is -0.525. The van der Waals surface area contributed by atoms with Gasteiger partial charge in [-0.2, -0.15) is 8.42 Å². The van der Waals surface area contributed by atoms with E-state index in [-0.39, 0.29) is 0 Å². The predicted octanol–water partition coefficient (Wildman–Crippen LogP) is 0.130. The highest BCUT2D eigenvalue weighted by Gasteiger charge is 2.11. The van der Waals surface area contributed by atoms with Crippen LogP contribution in [0.4, 0.5) is 0 Å². The third-order valence-corrected chi connectivity index (χ3v) is 2.11. The van der Waals surface area contributed by atoms with Crippen molar-refractivity contribution in [1.29, 1.82) is 0 Å². The third kappa shape index (κ3) is 9.75. The largest absolute Gasteiger partial charge is 0.379 e. The van der Waals surface area contributed by atoms with Crippen LogP contribution in [0.5, 0.6) is 0 Å². The molecule has 0 rings (SSSR count). The van der Waals surface area contributed by atoms with Gasteiger partial charge >= 0.3 is 0 Å². The van der Waals surface area contributed by atoms with E-state index in [0.717, 1.165) is 0 Å². The van der Waals surface area contributed by atoms with Gasteiger partial charge in [0.1, 0.15) is 5.75 Å². The fourth-order valence-electron chi connectivity index (χ4n) is 0.755. The van der Waals surface area contributed by atoms with E-state index in [0.29, 0.717) is 19.8 Å². The Bertz CT molecular complexity index is 211. The highest BCUT2D eigenvalue weighted by molar-refractivity contribution is 7.85. The van der Waals surface area contributed by atoms with Crippen molar-refractivity contribution < 1.29 is 22.4 Å².